The zero-order chi connectivity index (χ0) is 22.3. The lowest BCUT2D eigenvalue weighted by atomic mass is 9.91. The molecule has 1 unspecified atom stereocenters. The summed E-state index contributed by atoms with van der Waals surface area (Å²) < 4.78 is 22.0. The summed E-state index contributed by atoms with van der Waals surface area (Å²) in [6.07, 6.45) is 0.567. The fourth-order valence-electron chi connectivity index (χ4n) is 3.51. The molecule has 8 heteroatoms. The van der Waals surface area contributed by atoms with Crippen molar-refractivity contribution in [3.63, 3.8) is 0 Å². The van der Waals surface area contributed by atoms with E-state index in [0.717, 1.165) is 12.0 Å². The van der Waals surface area contributed by atoms with Crippen LogP contribution in [0.5, 0.6) is 17.2 Å². The van der Waals surface area contributed by atoms with Gasteiger partial charge in [-0.15, -0.1) is 0 Å². The number of benzene rings is 2. The molecular weight excluding hydrogens is 404 g/mol. The molecule has 0 saturated carbocycles. The van der Waals surface area contributed by atoms with Gasteiger partial charge in [0.1, 0.15) is 25.1 Å². The Kier molecular flexibility index (Phi) is 7.73. The van der Waals surface area contributed by atoms with Crippen LogP contribution in [0.1, 0.15) is 24.0 Å². The standard InChI is InChI=1S/C23H28O8/c1-28-21-11-17(13-24)6-7-20(21)30-15-18(25)14-29-19-5-2-4-16(10-19)12-23(22(26)27)8-3-9-31-23/h2,4-7,10-11,18,24-25H,3,8-9,12-15H2,1H3,(H,26,27)/t18-,23?/m1/s1. The van der Waals surface area contributed by atoms with Crippen LogP contribution in [0, 0.1) is 0 Å². The quantitative estimate of drug-likeness (QED) is 0.495. The molecule has 0 radical (unpaired) electrons. The Morgan fingerprint density at radius 2 is 1.94 bits per heavy atom. The minimum absolute atomic E-state index is 0.00106. The fraction of sp³-hybridized carbons (Fsp3) is 0.435. The largest absolute Gasteiger partial charge is 0.493 e. The molecule has 1 heterocycles. The highest BCUT2D eigenvalue weighted by Crippen LogP contribution is 2.31. The van der Waals surface area contributed by atoms with Crippen molar-refractivity contribution in [2.75, 3.05) is 26.9 Å². The normalized spacial score (nSPS) is 19.1. The SMILES string of the molecule is COc1cc(CO)ccc1OC[C@H](O)COc1cccc(CC2(C(=O)O)CCCO2)c1. The topological polar surface area (TPSA) is 115 Å². The van der Waals surface area contributed by atoms with Crippen LogP contribution in [0.3, 0.4) is 0 Å². The lowest BCUT2D eigenvalue weighted by Crippen LogP contribution is -2.40. The van der Waals surface area contributed by atoms with E-state index in [0.29, 0.717) is 35.8 Å². The van der Waals surface area contributed by atoms with Crippen molar-refractivity contribution in [2.45, 2.75) is 37.6 Å². The molecule has 2 aromatic rings. The van der Waals surface area contributed by atoms with Crippen LogP contribution in [0.15, 0.2) is 42.5 Å². The van der Waals surface area contributed by atoms with Crippen LogP contribution < -0.4 is 14.2 Å². The number of aliphatic hydroxyl groups excluding tert-OH is 2. The number of aliphatic carboxylic acids is 1. The highest BCUT2D eigenvalue weighted by Gasteiger charge is 2.42. The zero-order valence-electron chi connectivity index (χ0n) is 17.5. The first-order chi connectivity index (χ1) is 15.0. The molecule has 0 aromatic heterocycles. The Morgan fingerprint density at radius 3 is 2.61 bits per heavy atom. The lowest BCUT2D eigenvalue weighted by molar-refractivity contribution is -0.159. The van der Waals surface area contributed by atoms with Gasteiger partial charge in [-0.3, -0.25) is 0 Å². The maximum atomic E-state index is 11.7. The van der Waals surface area contributed by atoms with Gasteiger partial charge in [0.15, 0.2) is 17.1 Å². The second kappa shape index (κ2) is 10.5. The van der Waals surface area contributed by atoms with E-state index in [4.69, 9.17) is 18.9 Å². The van der Waals surface area contributed by atoms with Crippen LogP contribution in [-0.4, -0.2) is 59.9 Å². The molecule has 1 saturated heterocycles. The van der Waals surface area contributed by atoms with Crippen molar-refractivity contribution in [1.82, 2.24) is 0 Å². The van der Waals surface area contributed by atoms with Crippen molar-refractivity contribution in [3.8, 4) is 17.2 Å². The molecule has 0 amide bonds. The number of hydrogen-bond donors (Lipinski definition) is 3. The summed E-state index contributed by atoms with van der Waals surface area (Å²) in [5.74, 6) is 0.497. The van der Waals surface area contributed by atoms with Gasteiger partial charge in [0.2, 0.25) is 0 Å². The van der Waals surface area contributed by atoms with Gasteiger partial charge in [-0.1, -0.05) is 18.2 Å². The summed E-state index contributed by atoms with van der Waals surface area (Å²) in [5, 5.41) is 29.0. The Morgan fingerprint density at radius 1 is 1.13 bits per heavy atom. The third-order valence-corrected chi connectivity index (χ3v) is 5.17. The van der Waals surface area contributed by atoms with Gasteiger partial charge in [0.25, 0.3) is 0 Å². The first-order valence-corrected chi connectivity index (χ1v) is 10.1. The monoisotopic (exact) mass is 432 g/mol. The molecule has 0 bridgehead atoms. The molecule has 168 valence electrons. The number of carboxylic acids is 1. The van der Waals surface area contributed by atoms with E-state index in [1.165, 1.54) is 7.11 Å². The zero-order valence-corrected chi connectivity index (χ0v) is 17.5. The van der Waals surface area contributed by atoms with Crippen LogP contribution in [0.25, 0.3) is 0 Å². The molecule has 3 rings (SSSR count). The highest BCUT2D eigenvalue weighted by molar-refractivity contribution is 5.78. The van der Waals surface area contributed by atoms with Crippen molar-refractivity contribution in [2.24, 2.45) is 0 Å². The lowest BCUT2D eigenvalue weighted by Gasteiger charge is -2.23. The number of carbonyl (C=O) groups is 1. The van der Waals surface area contributed by atoms with E-state index < -0.39 is 17.7 Å². The number of rotatable bonds is 11. The van der Waals surface area contributed by atoms with Gasteiger partial charge in [-0.25, -0.2) is 4.79 Å². The molecule has 3 N–H and O–H groups in total. The molecule has 2 aromatic carbocycles. The second-order valence-electron chi connectivity index (χ2n) is 7.49. The number of carboxylic acid groups (broad SMARTS) is 1. The summed E-state index contributed by atoms with van der Waals surface area (Å²) in [5.41, 5.74) is 0.304. The van der Waals surface area contributed by atoms with Crippen LogP contribution in [-0.2, 0) is 22.6 Å². The molecule has 1 aliphatic rings. The summed E-state index contributed by atoms with van der Waals surface area (Å²) >= 11 is 0. The number of methoxy groups -OCH3 is 1. The van der Waals surface area contributed by atoms with Gasteiger partial charge in [0.05, 0.1) is 13.7 Å². The minimum atomic E-state index is -1.18. The smallest absolute Gasteiger partial charge is 0.336 e. The van der Waals surface area contributed by atoms with Crippen molar-refractivity contribution < 1.29 is 39.1 Å². The van der Waals surface area contributed by atoms with E-state index in [2.05, 4.69) is 0 Å². The van der Waals surface area contributed by atoms with E-state index in [1.54, 1.807) is 36.4 Å². The van der Waals surface area contributed by atoms with Gasteiger partial charge in [-0.05, 0) is 48.2 Å². The van der Waals surface area contributed by atoms with Crippen molar-refractivity contribution in [1.29, 1.82) is 0 Å². The van der Waals surface area contributed by atoms with Crippen LogP contribution >= 0.6 is 0 Å². The molecule has 0 aliphatic carbocycles. The van der Waals surface area contributed by atoms with E-state index in [9.17, 15) is 20.1 Å². The van der Waals surface area contributed by atoms with E-state index in [1.807, 2.05) is 6.07 Å². The minimum Gasteiger partial charge on any atom is -0.493 e. The Labute approximate surface area is 180 Å². The molecule has 8 nitrogen and oxygen atoms in total. The first kappa shape index (κ1) is 22.9. The number of hydrogen-bond acceptors (Lipinski definition) is 7. The van der Waals surface area contributed by atoms with Crippen LogP contribution in [0.2, 0.25) is 0 Å². The van der Waals surface area contributed by atoms with E-state index in [-0.39, 0.29) is 26.2 Å². The summed E-state index contributed by atoms with van der Waals surface area (Å²) in [7, 11) is 1.50. The van der Waals surface area contributed by atoms with Crippen LogP contribution in [0.4, 0.5) is 0 Å². The fourth-order valence-corrected chi connectivity index (χ4v) is 3.51. The van der Waals surface area contributed by atoms with Gasteiger partial charge in [0, 0.05) is 13.0 Å². The van der Waals surface area contributed by atoms with Crippen molar-refractivity contribution >= 4 is 5.97 Å². The first-order valence-electron chi connectivity index (χ1n) is 10.1. The Hall–Kier alpha value is -2.81. The van der Waals surface area contributed by atoms with Gasteiger partial charge in [-0.2, -0.15) is 0 Å². The van der Waals surface area contributed by atoms with Crippen molar-refractivity contribution in [3.05, 3.63) is 53.6 Å². The summed E-state index contributed by atoms with van der Waals surface area (Å²) in [6, 6.07) is 12.2. The third kappa shape index (κ3) is 5.88. The highest BCUT2D eigenvalue weighted by atomic mass is 16.5. The Balaban J connectivity index is 1.53. The third-order valence-electron chi connectivity index (χ3n) is 5.17. The molecule has 1 aliphatic heterocycles. The number of aliphatic hydroxyl groups is 2. The predicted octanol–water partition coefficient (Wildman–Crippen LogP) is 2.18. The van der Waals surface area contributed by atoms with E-state index >= 15 is 0 Å². The maximum absolute atomic E-state index is 11.7. The summed E-state index contributed by atoms with van der Waals surface area (Å²) in [4.78, 5) is 11.7. The molecule has 2 atom stereocenters. The summed E-state index contributed by atoms with van der Waals surface area (Å²) in [6.45, 7) is 0.333. The number of ether oxygens (including phenoxy) is 4. The molecule has 31 heavy (non-hydrogen) atoms. The van der Waals surface area contributed by atoms with Gasteiger partial charge >= 0.3 is 5.97 Å². The predicted molar refractivity (Wildman–Crippen MR) is 112 cm³/mol. The average molecular weight is 432 g/mol. The second-order valence-corrected chi connectivity index (χ2v) is 7.49. The van der Waals surface area contributed by atoms with Gasteiger partial charge < -0.3 is 34.3 Å². The maximum Gasteiger partial charge on any atom is 0.336 e. The molecule has 0 spiro atoms. The molecule has 1 fully saturated rings. The Bertz CT molecular complexity index is 876. The average Bonchev–Trinajstić information content (AvgIpc) is 3.26. The molecular formula is C23H28O8.